The molecule has 3 aromatic rings. The van der Waals surface area contributed by atoms with Crippen molar-refractivity contribution >= 4 is 35.7 Å². The summed E-state index contributed by atoms with van der Waals surface area (Å²) in [6, 6.07) is 22.1. The number of amides is 4. The number of hydrogen-bond donors (Lipinski definition) is 3. The highest BCUT2D eigenvalue weighted by Gasteiger charge is 2.37. The lowest BCUT2D eigenvalue weighted by molar-refractivity contribution is -0.142. The maximum absolute atomic E-state index is 13.6. The number of benzene rings is 3. The van der Waals surface area contributed by atoms with E-state index in [1.165, 1.54) is 7.11 Å². The van der Waals surface area contributed by atoms with Gasteiger partial charge in [0.25, 0.3) is 5.91 Å². The Kier molecular flexibility index (Phi) is 8.71. The molecule has 1 fully saturated rings. The fourth-order valence-electron chi connectivity index (χ4n) is 4.54. The van der Waals surface area contributed by atoms with Gasteiger partial charge in [0.15, 0.2) is 0 Å². The predicted octanol–water partition coefficient (Wildman–Crippen LogP) is 4.34. The average molecular weight is 515 g/mol. The smallest absolute Gasteiger partial charge is 0.407 e. The number of likely N-dealkylation sites (tertiary alicyclic amines) is 1. The predicted molar refractivity (Wildman–Crippen MR) is 144 cm³/mol. The second-order valence-corrected chi connectivity index (χ2v) is 8.93. The van der Waals surface area contributed by atoms with Crippen LogP contribution in [-0.4, -0.2) is 48.9 Å². The van der Waals surface area contributed by atoms with Crippen molar-refractivity contribution in [1.82, 2.24) is 10.2 Å². The normalized spacial score (nSPS) is 15.6. The minimum atomic E-state index is -0.968. The first-order valence-electron chi connectivity index (χ1n) is 12.4. The van der Waals surface area contributed by atoms with Crippen molar-refractivity contribution in [2.75, 3.05) is 24.3 Å². The quantitative estimate of drug-likeness (QED) is 0.387. The topological polar surface area (TPSA) is 117 Å². The standard InChI is InChI=1S/C29H30N4O5/c1-38-29(37)32-26(22-7-3-2-4-8-22)28(36)33-18-6-5-9-25(33)27(35)31-24-16-12-21(13-17-24)20-10-14-23(15-11-20)30-19-34/h2-4,7-8,10-17,19,25-26H,5-6,9,18H2,1H3,(H,30,34)(H,31,35)(H,32,37). The van der Waals surface area contributed by atoms with E-state index in [2.05, 4.69) is 16.0 Å². The summed E-state index contributed by atoms with van der Waals surface area (Å²) in [5.41, 5.74) is 3.85. The molecule has 1 aliphatic heterocycles. The van der Waals surface area contributed by atoms with E-state index in [1.54, 1.807) is 29.2 Å². The molecular formula is C29H30N4O5. The Hall–Kier alpha value is -4.66. The third-order valence-electron chi connectivity index (χ3n) is 6.51. The van der Waals surface area contributed by atoms with Crippen LogP contribution in [0.3, 0.4) is 0 Å². The highest BCUT2D eigenvalue weighted by molar-refractivity contribution is 5.98. The van der Waals surface area contributed by atoms with Gasteiger partial charge in [0.1, 0.15) is 12.1 Å². The molecule has 0 aliphatic carbocycles. The summed E-state index contributed by atoms with van der Waals surface area (Å²) in [5, 5.41) is 8.16. The Bertz CT molecular complexity index is 1260. The molecular weight excluding hydrogens is 484 g/mol. The van der Waals surface area contributed by atoms with E-state index >= 15 is 0 Å². The van der Waals surface area contributed by atoms with Crippen molar-refractivity contribution in [3.8, 4) is 11.1 Å². The first-order valence-corrected chi connectivity index (χ1v) is 12.4. The van der Waals surface area contributed by atoms with Crippen LogP contribution in [0, 0.1) is 0 Å². The number of alkyl carbamates (subject to hydrolysis) is 1. The molecule has 9 heteroatoms. The summed E-state index contributed by atoms with van der Waals surface area (Å²) in [6.45, 7) is 0.414. The molecule has 1 saturated heterocycles. The van der Waals surface area contributed by atoms with Crippen LogP contribution >= 0.6 is 0 Å². The Morgan fingerprint density at radius 2 is 1.53 bits per heavy atom. The molecule has 1 heterocycles. The second-order valence-electron chi connectivity index (χ2n) is 8.93. The molecule has 2 unspecified atom stereocenters. The zero-order valence-corrected chi connectivity index (χ0v) is 21.1. The minimum Gasteiger partial charge on any atom is -0.453 e. The van der Waals surface area contributed by atoms with Crippen LogP contribution in [-0.2, 0) is 19.1 Å². The molecule has 3 aromatic carbocycles. The Morgan fingerprint density at radius 3 is 2.13 bits per heavy atom. The van der Waals surface area contributed by atoms with Gasteiger partial charge in [-0.15, -0.1) is 0 Å². The van der Waals surface area contributed by atoms with E-state index in [-0.39, 0.29) is 11.8 Å². The third-order valence-corrected chi connectivity index (χ3v) is 6.51. The maximum atomic E-state index is 13.6. The van der Waals surface area contributed by atoms with Crippen LogP contribution < -0.4 is 16.0 Å². The van der Waals surface area contributed by atoms with Crippen LogP contribution in [0.15, 0.2) is 78.9 Å². The van der Waals surface area contributed by atoms with Gasteiger partial charge in [-0.3, -0.25) is 14.4 Å². The molecule has 9 nitrogen and oxygen atoms in total. The first kappa shape index (κ1) is 26.4. The Labute approximate surface area is 221 Å². The highest BCUT2D eigenvalue weighted by Crippen LogP contribution is 2.26. The Morgan fingerprint density at radius 1 is 0.895 bits per heavy atom. The number of carbonyl (C=O) groups excluding carboxylic acids is 4. The van der Waals surface area contributed by atoms with Gasteiger partial charge < -0.3 is 25.6 Å². The zero-order chi connectivity index (χ0) is 26.9. The highest BCUT2D eigenvalue weighted by atomic mass is 16.5. The lowest BCUT2D eigenvalue weighted by atomic mass is 9.98. The lowest BCUT2D eigenvalue weighted by Gasteiger charge is -2.37. The van der Waals surface area contributed by atoms with E-state index in [0.717, 1.165) is 24.0 Å². The number of methoxy groups -OCH3 is 1. The molecule has 0 bridgehead atoms. The van der Waals surface area contributed by atoms with Crippen molar-refractivity contribution in [3.63, 3.8) is 0 Å². The molecule has 3 N–H and O–H groups in total. The van der Waals surface area contributed by atoms with E-state index < -0.39 is 18.2 Å². The molecule has 4 amide bonds. The number of hydrogen-bond acceptors (Lipinski definition) is 5. The number of nitrogens with zero attached hydrogens (tertiary/aromatic N) is 1. The fraction of sp³-hybridized carbons (Fsp3) is 0.241. The molecule has 0 spiro atoms. The molecule has 196 valence electrons. The van der Waals surface area contributed by atoms with Crippen LogP contribution in [0.25, 0.3) is 11.1 Å². The maximum Gasteiger partial charge on any atom is 0.407 e. The summed E-state index contributed by atoms with van der Waals surface area (Å²) in [4.78, 5) is 51.1. The van der Waals surface area contributed by atoms with Crippen molar-refractivity contribution in [2.45, 2.75) is 31.3 Å². The van der Waals surface area contributed by atoms with Gasteiger partial charge in [-0.05, 0) is 60.2 Å². The first-order chi connectivity index (χ1) is 18.5. The summed E-state index contributed by atoms with van der Waals surface area (Å²) >= 11 is 0. The van der Waals surface area contributed by atoms with Gasteiger partial charge in [-0.25, -0.2) is 4.79 Å². The van der Waals surface area contributed by atoms with E-state index in [1.807, 2.05) is 54.6 Å². The molecule has 2 atom stereocenters. The van der Waals surface area contributed by atoms with Crippen LogP contribution in [0.4, 0.5) is 16.2 Å². The van der Waals surface area contributed by atoms with Gasteiger partial charge in [-0.1, -0.05) is 54.6 Å². The van der Waals surface area contributed by atoms with Gasteiger partial charge in [0, 0.05) is 17.9 Å². The third kappa shape index (κ3) is 6.36. The van der Waals surface area contributed by atoms with Crippen molar-refractivity contribution in [3.05, 3.63) is 84.4 Å². The SMILES string of the molecule is COC(=O)NC(C(=O)N1CCCCC1C(=O)Nc1ccc(-c2ccc(NC=O)cc2)cc1)c1ccccc1. The van der Waals surface area contributed by atoms with Gasteiger partial charge in [-0.2, -0.15) is 0 Å². The fourth-order valence-corrected chi connectivity index (χ4v) is 4.54. The van der Waals surface area contributed by atoms with Gasteiger partial charge >= 0.3 is 6.09 Å². The van der Waals surface area contributed by atoms with Crippen molar-refractivity contribution in [2.24, 2.45) is 0 Å². The number of rotatable bonds is 8. The van der Waals surface area contributed by atoms with Crippen LogP contribution in [0.2, 0.25) is 0 Å². The number of carbonyl (C=O) groups is 4. The van der Waals surface area contributed by atoms with Crippen LogP contribution in [0.5, 0.6) is 0 Å². The zero-order valence-electron chi connectivity index (χ0n) is 21.1. The minimum absolute atomic E-state index is 0.278. The monoisotopic (exact) mass is 514 g/mol. The molecule has 4 rings (SSSR count). The number of piperidine rings is 1. The van der Waals surface area contributed by atoms with E-state index in [9.17, 15) is 19.2 Å². The lowest BCUT2D eigenvalue weighted by Crippen LogP contribution is -2.53. The van der Waals surface area contributed by atoms with Gasteiger partial charge in [0.05, 0.1) is 7.11 Å². The molecule has 0 saturated carbocycles. The van der Waals surface area contributed by atoms with E-state index in [0.29, 0.717) is 36.3 Å². The second kappa shape index (κ2) is 12.5. The van der Waals surface area contributed by atoms with E-state index in [4.69, 9.17) is 4.74 Å². The molecule has 1 aliphatic rings. The summed E-state index contributed by atoms with van der Waals surface area (Å²) in [6.07, 6.45) is 2.02. The van der Waals surface area contributed by atoms with Crippen LogP contribution in [0.1, 0.15) is 30.9 Å². The summed E-state index contributed by atoms with van der Waals surface area (Å²) < 4.78 is 4.73. The number of ether oxygens (including phenoxy) is 1. The van der Waals surface area contributed by atoms with Crippen molar-refractivity contribution in [1.29, 1.82) is 0 Å². The average Bonchev–Trinajstić information content (AvgIpc) is 2.97. The van der Waals surface area contributed by atoms with Crippen molar-refractivity contribution < 1.29 is 23.9 Å². The largest absolute Gasteiger partial charge is 0.453 e. The molecule has 38 heavy (non-hydrogen) atoms. The Balaban J connectivity index is 1.47. The summed E-state index contributed by atoms with van der Waals surface area (Å²) in [5.74, 6) is -0.635. The number of anilines is 2. The molecule has 0 radical (unpaired) electrons. The number of nitrogens with one attached hydrogen (secondary N) is 3. The van der Waals surface area contributed by atoms with Gasteiger partial charge in [0.2, 0.25) is 12.3 Å². The summed E-state index contributed by atoms with van der Waals surface area (Å²) in [7, 11) is 1.24. The molecule has 0 aromatic heterocycles.